The number of nitrogens with one attached hydrogen (secondary N) is 1. The van der Waals surface area contributed by atoms with Crippen molar-refractivity contribution < 1.29 is 14.3 Å². The van der Waals surface area contributed by atoms with E-state index in [2.05, 4.69) is 48.3 Å². The van der Waals surface area contributed by atoms with E-state index >= 15 is 0 Å². The summed E-state index contributed by atoms with van der Waals surface area (Å²) in [6.45, 7) is 14.2. The van der Waals surface area contributed by atoms with Gasteiger partial charge in [-0.25, -0.2) is 4.79 Å². The third kappa shape index (κ3) is 7.69. The quantitative estimate of drug-likeness (QED) is 0.721. The van der Waals surface area contributed by atoms with Gasteiger partial charge in [0.05, 0.1) is 0 Å². The van der Waals surface area contributed by atoms with Gasteiger partial charge in [0.25, 0.3) is 0 Å². The molecule has 1 N–H and O–H groups in total. The minimum Gasteiger partial charge on any atom is -0.444 e. The molecule has 1 heterocycles. The van der Waals surface area contributed by atoms with Crippen LogP contribution in [0.3, 0.4) is 0 Å². The van der Waals surface area contributed by atoms with Crippen LogP contribution in [-0.2, 0) is 22.5 Å². The molecule has 1 atom stereocenters. The molecule has 1 unspecified atom stereocenters. The number of nitrogens with zero attached hydrogens (tertiary/aromatic N) is 2. The van der Waals surface area contributed by atoms with Crippen LogP contribution >= 0.6 is 0 Å². The van der Waals surface area contributed by atoms with Gasteiger partial charge < -0.3 is 15.0 Å². The molecule has 0 aliphatic carbocycles. The minimum atomic E-state index is -0.614. The molecule has 0 bridgehead atoms. The molecule has 1 aromatic rings. The number of ether oxygens (including phenoxy) is 1. The molecule has 1 aliphatic heterocycles. The number of likely N-dealkylation sites (tertiary alicyclic amines) is 1. The van der Waals surface area contributed by atoms with Crippen molar-refractivity contribution in [2.75, 3.05) is 26.2 Å². The zero-order chi connectivity index (χ0) is 21.4. The van der Waals surface area contributed by atoms with E-state index in [1.807, 2.05) is 25.7 Å². The molecule has 0 spiro atoms. The molecule has 0 saturated carbocycles. The van der Waals surface area contributed by atoms with Crippen LogP contribution < -0.4 is 5.32 Å². The van der Waals surface area contributed by atoms with Crippen LogP contribution in [0.15, 0.2) is 24.3 Å². The fourth-order valence-electron chi connectivity index (χ4n) is 3.53. The average molecular weight is 404 g/mol. The van der Waals surface area contributed by atoms with Crippen LogP contribution in [0.4, 0.5) is 4.79 Å². The molecule has 0 aromatic heterocycles. The third-order valence-corrected chi connectivity index (χ3v) is 5.17. The van der Waals surface area contributed by atoms with Crippen molar-refractivity contribution >= 4 is 12.0 Å². The molecule has 1 fully saturated rings. The standard InChI is InChI=1S/C23H37N3O3/c1-6-25(7-2)17-19-12-10-18(11-13-19)16-20(21(27)26-14-8-9-15-26)24-22(28)29-23(3,4)5/h10-13,20H,6-9,14-17H2,1-5H3,(H,24,28). The van der Waals surface area contributed by atoms with E-state index in [9.17, 15) is 9.59 Å². The van der Waals surface area contributed by atoms with Crippen LogP contribution in [0, 0.1) is 0 Å². The summed E-state index contributed by atoms with van der Waals surface area (Å²) in [6.07, 6.45) is 1.95. The maximum absolute atomic E-state index is 13.0. The lowest BCUT2D eigenvalue weighted by Crippen LogP contribution is -2.50. The van der Waals surface area contributed by atoms with E-state index in [1.165, 1.54) is 5.56 Å². The van der Waals surface area contributed by atoms with E-state index in [0.717, 1.165) is 51.1 Å². The number of benzene rings is 1. The monoisotopic (exact) mass is 403 g/mol. The predicted octanol–water partition coefficient (Wildman–Crippen LogP) is 3.59. The highest BCUT2D eigenvalue weighted by Crippen LogP contribution is 2.15. The first-order valence-corrected chi connectivity index (χ1v) is 10.8. The van der Waals surface area contributed by atoms with Gasteiger partial charge in [-0.2, -0.15) is 0 Å². The Labute approximate surface area is 175 Å². The van der Waals surface area contributed by atoms with Crippen molar-refractivity contribution in [2.45, 2.75) is 72.1 Å². The smallest absolute Gasteiger partial charge is 0.408 e. The van der Waals surface area contributed by atoms with E-state index in [1.54, 1.807) is 0 Å². The first-order chi connectivity index (χ1) is 13.7. The Bertz CT molecular complexity index is 657. The van der Waals surface area contributed by atoms with Crippen LogP contribution in [0.1, 0.15) is 58.6 Å². The van der Waals surface area contributed by atoms with Gasteiger partial charge in [0.15, 0.2) is 0 Å². The summed E-state index contributed by atoms with van der Waals surface area (Å²) >= 11 is 0. The summed E-state index contributed by atoms with van der Waals surface area (Å²) in [5.41, 5.74) is 1.68. The molecule has 162 valence electrons. The molecule has 29 heavy (non-hydrogen) atoms. The Hall–Kier alpha value is -2.08. The van der Waals surface area contributed by atoms with Crippen molar-refractivity contribution in [1.29, 1.82) is 0 Å². The summed E-state index contributed by atoms with van der Waals surface area (Å²) in [4.78, 5) is 29.5. The number of rotatable bonds is 8. The van der Waals surface area contributed by atoms with Crippen LogP contribution in [0.25, 0.3) is 0 Å². The number of alkyl carbamates (subject to hydrolysis) is 1. The highest BCUT2D eigenvalue weighted by Gasteiger charge is 2.29. The number of carbonyl (C=O) groups excluding carboxylic acids is 2. The van der Waals surface area contributed by atoms with Crippen molar-refractivity contribution in [3.63, 3.8) is 0 Å². The number of hydrogen-bond acceptors (Lipinski definition) is 4. The Morgan fingerprint density at radius 2 is 1.62 bits per heavy atom. The minimum absolute atomic E-state index is 0.0272. The number of amides is 2. The maximum atomic E-state index is 13.0. The summed E-state index contributed by atoms with van der Waals surface area (Å²) < 4.78 is 5.38. The van der Waals surface area contributed by atoms with Gasteiger partial charge in [-0.1, -0.05) is 38.1 Å². The van der Waals surface area contributed by atoms with Gasteiger partial charge in [0.1, 0.15) is 11.6 Å². The Morgan fingerprint density at radius 3 is 2.14 bits per heavy atom. The maximum Gasteiger partial charge on any atom is 0.408 e. The summed E-state index contributed by atoms with van der Waals surface area (Å²) in [6, 6.07) is 7.72. The molecule has 1 aromatic carbocycles. The van der Waals surface area contributed by atoms with Gasteiger partial charge in [-0.3, -0.25) is 9.69 Å². The zero-order valence-corrected chi connectivity index (χ0v) is 18.7. The van der Waals surface area contributed by atoms with Gasteiger partial charge in [0, 0.05) is 26.1 Å². The first kappa shape index (κ1) is 23.2. The van der Waals surface area contributed by atoms with Crippen LogP contribution in [0.2, 0.25) is 0 Å². The second-order valence-electron chi connectivity index (χ2n) is 8.71. The predicted molar refractivity (Wildman–Crippen MR) is 116 cm³/mol. The highest BCUT2D eigenvalue weighted by molar-refractivity contribution is 5.86. The molecule has 2 rings (SSSR count). The molecule has 6 heteroatoms. The topological polar surface area (TPSA) is 61.9 Å². The fourth-order valence-corrected chi connectivity index (χ4v) is 3.53. The first-order valence-electron chi connectivity index (χ1n) is 10.8. The van der Waals surface area contributed by atoms with Crippen LogP contribution in [-0.4, -0.2) is 59.6 Å². The Morgan fingerprint density at radius 1 is 1.07 bits per heavy atom. The lowest BCUT2D eigenvalue weighted by molar-refractivity contribution is -0.132. The largest absolute Gasteiger partial charge is 0.444 e. The zero-order valence-electron chi connectivity index (χ0n) is 18.7. The summed E-state index contributed by atoms with van der Waals surface area (Å²) in [5, 5.41) is 2.80. The molecule has 1 aliphatic rings. The third-order valence-electron chi connectivity index (χ3n) is 5.17. The van der Waals surface area contributed by atoms with E-state index in [-0.39, 0.29) is 5.91 Å². The van der Waals surface area contributed by atoms with Crippen LogP contribution in [0.5, 0.6) is 0 Å². The van der Waals surface area contributed by atoms with Gasteiger partial charge in [-0.05, 0) is 57.8 Å². The second-order valence-corrected chi connectivity index (χ2v) is 8.71. The van der Waals surface area contributed by atoms with Crippen molar-refractivity contribution in [2.24, 2.45) is 0 Å². The lowest BCUT2D eigenvalue weighted by atomic mass is 10.0. The van der Waals surface area contributed by atoms with Gasteiger partial charge >= 0.3 is 6.09 Å². The van der Waals surface area contributed by atoms with Crippen molar-refractivity contribution in [3.05, 3.63) is 35.4 Å². The molecular weight excluding hydrogens is 366 g/mol. The molecule has 1 saturated heterocycles. The second kappa shape index (κ2) is 10.6. The summed E-state index contributed by atoms with van der Waals surface area (Å²) in [5.74, 6) is -0.0272. The molecular formula is C23H37N3O3. The fraction of sp³-hybridized carbons (Fsp3) is 0.652. The molecule has 2 amide bonds. The molecule has 0 radical (unpaired) electrons. The SMILES string of the molecule is CCN(CC)Cc1ccc(CC(NC(=O)OC(C)(C)C)C(=O)N2CCCC2)cc1. The Kier molecular flexibility index (Phi) is 8.50. The van der Waals surface area contributed by atoms with Gasteiger partial charge in [-0.15, -0.1) is 0 Å². The normalized spacial score (nSPS) is 15.4. The van der Waals surface area contributed by atoms with E-state index in [0.29, 0.717) is 6.42 Å². The number of hydrogen-bond donors (Lipinski definition) is 1. The van der Waals surface area contributed by atoms with Gasteiger partial charge in [0.2, 0.25) is 5.91 Å². The van der Waals surface area contributed by atoms with E-state index in [4.69, 9.17) is 4.74 Å². The van der Waals surface area contributed by atoms with Crippen molar-refractivity contribution in [3.8, 4) is 0 Å². The lowest BCUT2D eigenvalue weighted by Gasteiger charge is -2.26. The molecule has 6 nitrogen and oxygen atoms in total. The Balaban J connectivity index is 2.07. The van der Waals surface area contributed by atoms with E-state index < -0.39 is 17.7 Å². The highest BCUT2D eigenvalue weighted by atomic mass is 16.6. The average Bonchev–Trinajstić information content (AvgIpc) is 3.19. The van der Waals surface area contributed by atoms with Crippen molar-refractivity contribution in [1.82, 2.24) is 15.1 Å². The summed E-state index contributed by atoms with van der Waals surface area (Å²) in [7, 11) is 0. The number of carbonyl (C=O) groups is 2.